The van der Waals surface area contributed by atoms with Crippen molar-refractivity contribution in [2.45, 2.75) is 20.8 Å². The van der Waals surface area contributed by atoms with E-state index in [0.29, 0.717) is 15.7 Å². The third-order valence-corrected chi connectivity index (χ3v) is 4.98. The van der Waals surface area contributed by atoms with Crippen molar-refractivity contribution in [1.29, 1.82) is 0 Å². The molecule has 8 nitrogen and oxygen atoms in total. The standard InChI is InChI=1S/C23H21BrN2O6/c1-4-31-20(27)12-32-19-6-5-16(24)10-15(19)11-18-21(28)25-23(30)26(22(18)29)17-8-13(2)7-14(3)9-17/h5-11H,4,12H2,1-3H3,(H,25,28,30)/b18-11+. The summed E-state index contributed by atoms with van der Waals surface area (Å²) < 4.78 is 11.0. The van der Waals surface area contributed by atoms with Crippen LogP contribution in [0.5, 0.6) is 5.75 Å². The molecule has 0 unspecified atom stereocenters. The molecule has 0 spiro atoms. The van der Waals surface area contributed by atoms with Crippen LogP contribution < -0.4 is 15.0 Å². The van der Waals surface area contributed by atoms with E-state index in [1.165, 1.54) is 6.08 Å². The number of barbiturate groups is 1. The minimum Gasteiger partial charge on any atom is -0.481 e. The second-order valence-electron chi connectivity index (χ2n) is 7.08. The van der Waals surface area contributed by atoms with Crippen molar-refractivity contribution in [2.75, 3.05) is 18.1 Å². The SMILES string of the molecule is CCOC(=O)COc1ccc(Br)cc1/C=C1\C(=O)NC(=O)N(c2cc(C)cc(C)c2)C1=O. The Morgan fingerprint density at radius 3 is 2.44 bits per heavy atom. The van der Waals surface area contributed by atoms with Crippen LogP contribution >= 0.6 is 15.9 Å². The number of halogens is 1. The number of urea groups is 1. The number of aryl methyl sites for hydroxylation is 2. The van der Waals surface area contributed by atoms with Gasteiger partial charge in [0.15, 0.2) is 6.61 Å². The Bertz CT molecular complexity index is 1120. The van der Waals surface area contributed by atoms with Crippen LogP contribution in [-0.2, 0) is 19.1 Å². The fraction of sp³-hybridized carbons (Fsp3) is 0.217. The zero-order valence-electron chi connectivity index (χ0n) is 17.7. The van der Waals surface area contributed by atoms with E-state index in [2.05, 4.69) is 21.2 Å². The quantitative estimate of drug-likeness (QED) is 0.368. The van der Waals surface area contributed by atoms with Crippen molar-refractivity contribution >= 4 is 51.5 Å². The van der Waals surface area contributed by atoms with Gasteiger partial charge in [0.05, 0.1) is 12.3 Å². The summed E-state index contributed by atoms with van der Waals surface area (Å²) in [5, 5.41) is 2.20. The zero-order valence-corrected chi connectivity index (χ0v) is 19.3. The number of nitrogens with one attached hydrogen (secondary N) is 1. The first-order valence-electron chi connectivity index (χ1n) is 9.77. The van der Waals surface area contributed by atoms with Crippen molar-refractivity contribution < 1.29 is 28.7 Å². The summed E-state index contributed by atoms with van der Waals surface area (Å²) in [6.45, 7) is 5.26. The maximum atomic E-state index is 13.2. The van der Waals surface area contributed by atoms with Crippen LogP contribution in [0.1, 0.15) is 23.6 Å². The zero-order chi connectivity index (χ0) is 23.4. The van der Waals surface area contributed by atoms with E-state index >= 15 is 0 Å². The Labute approximate surface area is 193 Å². The van der Waals surface area contributed by atoms with Gasteiger partial charge in [0.2, 0.25) is 0 Å². The number of amides is 4. The summed E-state index contributed by atoms with van der Waals surface area (Å²) in [6.07, 6.45) is 1.32. The minimum absolute atomic E-state index is 0.219. The highest BCUT2D eigenvalue weighted by molar-refractivity contribution is 9.10. The number of carbonyl (C=O) groups excluding carboxylic acids is 4. The molecule has 32 heavy (non-hydrogen) atoms. The van der Waals surface area contributed by atoms with Crippen LogP contribution in [0, 0.1) is 13.8 Å². The fourth-order valence-corrected chi connectivity index (χ4v) is 3.61. The lowest BCUT2D eigenvalue weighted by atomic mass is 10.0. The molecule has 166 valence electrons. The molecule has 9 heteroatoms. The van der Waals surface area contributed by atoms with Gasteiger partial charge in [0, 0.05) is 10.0 Å². The van der Waals surface area contributed by atoms with Crippen molar-refractivity contribution in [2.24, 2.45) is 0 Å². The lowest BCUT2D eigenvalue weighted by Gasteiger charge is -2.27. The van der Waals surface area contributed by atoms with Crippen molar-refractivity contribution in [3.63, 3.8) is 0 Å². The smallest absolute Gasteiger partial charge is 0.344 e. The predicted molar refractivity (Wildman–Crippen MR) is 121 cm³/mol. The maximum Gasteiger partial charge on any atom is 0.344 e. The first-order chi connectivity index (χ1) is 15.2. The normalized spacial score (nSPS) is 15.1. The first kappa shape index (κ1) is 23.2. The molecule has 1 saturated heterocycles. The van der Waals surface area contributed by atoms with Gasteiger partial charge < -0.3 is 9.47 Å². The van der Waals surface area contributed by atoms with Crippen LogP contribution in [0.3, 0.4) is 0 Å². The number of esters is 1. The molecule has 2 aromatic carbocycles. The number of ether oxygens (including phenoxy) is 2. The van der Waals surface area contributed by atoms with Gasteiger partial charge in [-0.05, 0) is 68.3 Å². The predicted octanol–water partition coefficient (Wildman–Crippen LogP) is 3.67. The number of imide groups is 2. The van der Waals surface area contributed by atoms with E-state index in [-0.39, 0.29) is 24.5 Å². The monoisotopic (exact) mass is 500 g/mol. The lowest BCUT2D eigenvalue weighted by molar-refractivity contribution is -0.145. The Morgan fingerprint density at radius 1 is 1.09 bits per heavy atom. The number of hydrogen-bond acceptors (Lipinski definition) is 6. The molecule has 0 atom stereocenters. The third-order valence-electron chi connectivity index (χ3n) is 4.49. The summed E-state index contributed by atoms with van der Waals surface area (Å²) >= 11 is 3.34. The second-order valence-corrected chi connectivity index (χ2v) is 8.00. The Balaban J connectivity index is 1.99. The van der Waals surface area contributed by atoms with E-state index in [9.17, 15) is 19.2 Å². The number of carbonyl (C=O) groups is 4. The molecule has 1 aliphatic rings. The molecular weight excluding hydrogens is 480 g/mol. The van der Waals surface area contributed by atoms with E-state index < -0.39 is 23.8 Å². The average Bonchev–Trinajstić information content (AvgIpc) is 2.70. The van der Waals surface area contributed by atoms with Gasteiger partial charge in [-0.3, -0.25) is 14.9 Å². The average molecular weight is 501 g/mol. The van der Waals surface area contributed by atoms with Crippen molar-refractivity contribution in [3.05, 3.63) is 63.1 Å². The van der Waals surface area contributed by atoms with E-state index in [1.807, 2.05) is 19.9 Å². The van der Waals surface area contributed by atoms with Crippen LogP contribution in [0.25, 0.3) is 6.08 Å². The molecule has 1 aliphatic heterocycles. The minimum atomic E-state index is -0.824. The Morgan fingerprint density at radius 2 is 1.78 bits per heavy atom. The highest BCUT2D eigenvalue weighted by Crippen LogP contribution is 2.28. The van der Waals surface area contributed by atoms with Gasteiger partial charge in [-0.1, -0.05) is 22.0 Å². The summed E-state index contributed by atoms with van der Waals surface area (Å²) in [5.74, 6) is -1.87. The molecule has 1 N–H and O–H groups in total. The molecule has 0 aliphatic carbocycles. The largest absolute Gasteiger partial charge is 0.481 e. The Kier molecular flexibility index (Phi) is 7.09. The molecule has 3 rings (SSSR count). The molecule has 0 bridgehead atoms. The molecule has 1 heterocycles. The third kappa shape index (κ3) is 5.23. The molecular formula is C23H21BrN2O6. The van der Waals surface area contributed by atoms with Gasteiger partial charge in [0.1, 0.15) is 11.3 Å². The van der Waals surface area contributed by atoms with Crippen LogP contribution in [-0.4, -0.2) is 37.0 Å². The van der Waals surface area contributed by atoms with Gasteiger partial charge in [-0.2, -0.15) is 0 Å². The molecule has 0 aromatic heterocycles. The van der Waals surface area contributed by atoms with Gasteiger partial charge in [-0.25, -0.2) is 14.5 Å². The van der Waals surface area contributed by atoms with E-state index in [4.69, 9.17) is 9.47 Å². The number of rotatable bonds is 6. The summed E-state index contributed by atoms with van der Waals surface area (Å²) in [5.41, 5.74) is 2.21. The number of benzene rings is 2. The highest BCUT2D eigenvalue weighted by atomic mass is 79.9. The van der Waals surface area contributed by atoms with Gasteiger partial charge in [0.25, 0.3) is 11.8 Å². The maximum absolute atomic E-state index is 13.2. The van der Waals surface area contributed by atoms with Gasteiger partial charge >= 0.3 is 12.0 Å². The molecule has 4 amide bonds. The molecule has 0 radical (unpaired) electrons. The van der Waals surface area contributed by atoms with Crippen LogP contribution in [0.15, 0.2) is 46.4 Å². The second kappa shape index (κ2) is 9.78. The highest BCUT2D eigenvalue weighted by Gasteiger charge is 2.37. The van der Waals surface area contributed by atoms with Crippen LogP contribution in [0.2, 0.25) is 0 Å². The fourth-order valence-electron chi connectivity index (χ4n) is 3.23. The van der Waals surface area contributed by atoms with Crippen molar-refractivity contribution in [3.8, 4) is 5.75 Å². The first-order valence-corrected chi connectivity index (χ1v) is 10.6. The number of hydrogen-bond donors (Lipinski definition) is 1. The molecule has 2 aromatic rings. The summed E-state index contributed by atoms with van der Waals surface area (Å²) in [6, 6.07) is 9.37. The van der Waals surface area contributed by atoms with Crippen LogP contribution in [0.4, 0.5) is 10.5 Å². The van der Waals surface area contributed by atoms with Gasteiger partial charge in [-0.15, -0.1) is 0 Å². The van der Waals surface area contributed by atoms with E-state index in [1.54, 1.807) is 37.3 Å². The topological polar surface area (TPSA) is 102 Å². The van der Waals surface area contributed by atoms with E-state index in [0.717, 1.165) is 16.0 Å². The molecule has 0 saturated carbocycles. The number of anilines is 1. The summed E-state index contributed by atoms with van der Waals surface area (Å²) in [7, 11) is 0. The molecule has 1 fully saturated rings. The summed E-state index contributed by atoms with van der Waals surface area (Å²) in [4.78, 5) is 50.7. The van der Waals surface area contributed by atoms with Crippen molar-refractivity contribution in [1.82, 2.24) is 5.32 Å². The Hall–Kier alpha value is -3.46. The number of nitrogens with zero attached hydrogens (tertiary/aromatic N) is 1. The lowest BCUT2D eigenvalue weighted by Crippen LogP contribution is -2.54.